The van der Waals surface area contributed by atoms with E-state index in [4.69, 9.17) is 4.52 Å². The molecular formula is C12H14N2O. The molecule has 0 aliphatic carbocycles. The van der Waals surface area contributed by atoms with Crippen molar-refractivity contribution in [2.75, 3.05) is 7.05 Å². The van der Waals surface area contributed by atoms with Crippen LogP contribution >= 0.6 is 0 Å². The van der Waals surface area contributed by atoms with Crippen LogP contribution in [0.15, 0.2) is 34.9 Å². The third kappa shape index (κ3) is 2.07. The molecule has 0 spiro atoms. The van der Waals surface area contributed by atoms with Crippen molar-refractivity contribution in [1.82, 2.24) is 10.5 Å². The molecule has 0 radical (unpaired) electrons. The van der Waals surface area contributed by atoms with Crippen LogP contribution in [0.1, 0.15) is 11.3 Å². The minimum absolute atomic E-state index is 0.829. The summed E-state index contributed by atoms with van der Waals surface area (Å²) in [6.07, 6.45) is 0. The highest BCUT2D eigenvalue weighted by Gasteiger charge is 2.08. The quantitative estimate of drug-likeness (QED) is 0.830. The Hall–Kier alpha value is -1.61. The summed E-state index contributed by atoms with van der Waals surface area (Å²) in [5, 5.41) is 7.04. The monoisotopic (exact) mass is 202 g/mol. The number of aryl methyl sites for hydroxylation is 1. The van der Waals surface area contributed by atoms with E-state index in [0.717, 1.165) is 23.6 Å². The Labute approximate surface area is 89.1 Å². The fourth-order valence-corrected chi connectivity index (χ4v) is 1.60. The maximum absolute atomic E-state index is 5.26. The fraction of sp³-hybridized carbons (Fsp3) is 0.250. The smallest absolute Gasteiger partial charge is 0.167 e. The first-order valence-electron chi connectivity index (χ1n) is 4.97. The van der Waals surface area contributed by atoms with E-state index < -0.39 is 0 Å². The zero-order valence-electron chi connectivity index (χ0n) is 8.95. The van der Waals surface area contributed by atoms with Crippen molar-refractivity contribution >= 4 is 0 Å². The van der Waals surface area contributed by atoms with E-state index in [9.17, 15) is 0 Å². The predicted octanol–water partition coefficient (Wildman–Crippen LogP) is 2.37. The Morgan fingerprint density at radius 3 is 2.80 bits per heavy atom. The topological polar surface area (TPSA) is 38.1 Å². The first kappa shape index (κ1) is 9.93. The molecule has 78 valence electrons. The molecule has 0 saturated carbocycles. The number of nitrogens with zero attached hydrogens (tertiary/aromatic N) is 1. The Balaban J connectivity index is 2.42. The van der Waals surface area contributed by atoms with E-state index >= 15 is 0 Å². The second-order valence-corrected chi connectivity index (χ2v) is 3.52. The molecule has 0 saturated heterocycles. The first-order chi connectivity index (χ1) is 7.31. The Kier molecular flexibility index (Phi) is 2.83. The molecule has 0 bridgehead atoms. The van der Waals surface area contributed by atoms with Gasteiger partial charge in [0.05, 0.1) is 5.69 Å². The van der Waals surface area contributed by atoms with Crippen LogP contribution in [0.5, 0.6) is 0 Å². The van der Waals surface area contributed by atoms with Crippen molar-refractivity contribution < 1.29 is 4.52 Å². The molecule has 15 heavy (non-hydrogen) atoms. The van der Waals surface area contributed by atoms with Crippen molar-refractivity contribution in [3.63, 3.8) is 0 Å². The van der Waals surface area contributed by atoms with Gasteiger partial charge in [-0.15, -0.1) is 0 Å². The molecule has 0 atom stereocenters. The maximum atomic E-state index is 5.26. The third-order valence-electron chi connectivity index (χ3n) is 2.28. The normalized spacial score (nSPS) is 10.5. The van der Waals surface area contributed by atoms with Crippen LogP contribution in [0, 0.1) is 6.92 Å². The highest BCUT2D eigenvalue weighted by Crippen LogP contribution is 2.23. The molecule has 2 aromatic rings. The summed E-state index contributed by atoms with van der Waals surface area (Å²) in [6, 6.07) is 10.1. The van der Waals surface area contributed by atoms with Gasteiger partial charge in [-0.2, -0.15) is 0 Å². The summed E-state index contributed by atoms with van der Waals surface area (Å²) in [4.78, 5) is 0. The molecule has 1 aromatic heterocycles. The van der Waals surface area contributed by atoms with Gasteiger partial charge in [0.25, 0.3) is 0 Å². The standard InChI is InChI=1S/C12H14N2O/c1-9-7-12(15-14-9)11-6-4-3-5-10(11)8-13-2/h3-7,13H,8H2,1-2H3. The molecule has 1 aromatic carbocycles. The Morgan fingerprint density at radius 2 is 2.13 bits per heavy atom. The molecule has 0 fully saturated rings. The van der Waals surface area contributed by atoms with Crippen molar-refractivity contribution in [3.05, 3.63) is 41.6 Å². The van der Waals surface area contributed by atoms with Gasteiger partial charge >= 0.3 is 0 Å². The van der Waals surface area contributed by atoms with Crippen molar-refractivity contribution in [1.29, 1.82) is 0 Å². The summed E-state index contributed by atoms with van der Waals surface area (Å²) < 4.78 is 5.26. The van der Waals surface area contributed by atoms with E-state index in [1.807, 2.05) is 38.2 Å². The van der Waals surface area contributed by atoms with Crippen LogP contribution < -0.4 is 5.32 Å². The zero-order chi connectivity index (χ0) is 10.7. The van der Waals surface area contributed by atoms with Gasteiger partial charge in [0.15, 0.2) is 5.76 Å². The van der Waals surface area contributed by atoms with E-state index in [0.29, 0.717) is 0 Å². The van der Waals surface area contributed by atoms with Crippen LogP contribution in [0.2, 0.25) is 0 Å². The van der Waals surface area contributed by atoms with E-state index in [1.165, 1.54) is 5.56 Å². The molecular weight excluding hydrogens is 188 g/mol. The summed E-state index contributed by atoms with van der Waals surface area (Å²) >= 11 is 0. The number of hydrogen-bond donors (Lipinski definition) is 1. The molecule has 0 aliphatic heterocycles. The highest BCUT2D eigenvalue weighted by atomic mass is 16.5. The Morgan fingerprint density at radius 1 is 1.33 bits per heavy atom. The lowest BCUT2D eigenvalue weighted by molar-refractivity contribution is 0.426. The molecule has 0 aliphatic rings. The van der Waals surface area contributed by atoms with Crippen molar-refractivity contribution in [3.8, 4) is 11.3 Å². The van der Waals surface area contributed by atoms with Crippen molar-refractivity contribution in [2.24, 2.45) is 0 Å². The SMILES string of the molecule is CNCc1ccccc1-c1cc(C)no1. The van der Waals surface area contributed by atoms with E-state index in [1.54, 1.807) is 0 Å². The van der Waals surface area contributed by atoms with Gasteiger partial charge in [0, 0.05) is 18.2 Å². The van der Waals surface area contributed by atoms with Gasteiger partial charge in [0.2, 0.25) is 0 Å². The molecule has 0 amide bonds. The van der Waals surface area contributed by atoms with Gasteiger partial charge in [-0.05, 0) is 19.5 Å². The van der Waals surface area contributed by atoms with Gasteiger partial charge in [-0.1, -0.05) is 29.4 Å². The fourth-order valence-electron chi connectivity index (χ4n) is 1.60. The number of nitrogens with one attached hydrogen (secondary N) is 1. The van der Waals surface area contributed by atoms with Crippen LogP contribution in [0.3, 0.4) is 0 Å². The lowest BCUT2D eigenvalue weighted by atomic mass is 10.1. The van der Waals surface area contributed by atoms with Gasteiger partial charge in [0.1, 0.15) is 0 Å². The average molecular weight is 202 g/mol. The lowest BCUT2D eigenvalue weighted by Gasteiger charge is -2.05. The highest BCUT2D eigenvalue weighted by molar-refractivity contribution is 5.62. The minimum Gasteiger partial charge on any atom is -0.356 e. The second-order valence-electron chi connectivity index (χ2n) is 3.52. The van der Waals surface area contributed by atoms with E-state index in [2.05, 4.69) is 16.5 Å². The van der Waals surface area contributed by atoms with Crippen LogP contribution in [0.4, 0.5) is 0 Å². The third-order valence-corrected chi connectivity index (χ3v) is 2.28. The molecule has 3 nitrogen and oxygen atoms in total. The Bertz CT molecular complexity index is 448. The van der Waals surface area contributed by atoms with E-state index in [-0.39, 0.29) is 0 Å². The average Bonchev–Trinajstić information content (AvgIpc) is 2.66. The second kappa shape index (κ2) is 4.28. The van der Waals surface area contributed by atoms with Crippen LogP contribution in [0.25, 0.3) is 11.3 Å². The molecule has 1 heterocycles. The van der Waals surface area contributed by atoms with Gasteiger partial charge < -0.3 is 9.84 Å². The largest absolute Gasteiger partial charge is 0.356 e. The van der Waals surface area contributed by atoms with Gasteiger partial charge in [-0.3, -0.25) is 0 Å². The van der Waals surface area contributed by atoms with Crippen LogP contribution in [-0.4, -0.2) is 12.2 Å². The molecule has 0 unspecified atom stereocenters. The molecule has 1 N–H and O–H groups in total. The first-order valence-corrected chi connectivity index (χ1v) is 4.97. The number of rotatable bonds is 3. The maximum Gasteiger partial charge on any atom is 0.167 e. The number of aromatic nitrogens is 1. The van der Waals surface area contributed by atoms with Crippen molar-refractivity contribution in [2.45, 2.75) is 13.5 Å². The number of hydrogen-bond acceptors (Lipinski definition) is 3. The van der Waals surface area contributed by atoms with Gasteiger partial charge in [-0.25, -0.2) is 0 Å². The zero-order valence-corrected chi connectivity index (χ0v) is 8.95. The number of benzene rings is 1. The summed E-state index contributed by atoms with van der Waals surface area (Å²) in [7, 11) is 1.93. The summed E-state index contributed by atoms with van der Waals surface area (Å²) in [6.45, 7) is 2.75. The summed E-state index contributed by atoms with van der Waals surface area (Å²) in [5.74, 6) is 0.832. The van der Waals surface area contributed by atoms with Crippen LogP contribution in [-0.2, 0) is 6.54 Å². The molecule has 3 heteroatoms. The summed E-state index contributed by atoms with van der Waals surface area (Å²) in [5.41, 5.74) is 3.23. The molecule has 2 rings (SSSR count). The predicted molar refractivity (Wildman–Crippen MR) is 59.4 cm³/mol. The minimum atomic E-state index is 0.829. The lowest BCUT2D eigenvalue weighted by Crippen LogP contribution is -2.05.